The monoisotopic (exact) mass is 359 g/mol. The second-order valence-corrected chi connectivity index (χ2v) is 7.94. The highest BCUT2D eigenvalue weighted by Crippen LogP contribution is 2.33. The zero-order valence-electron chi connectivity index (χ0n) is 16.3. The maximum atomic E-state index is 12.4. The van der Waals surface area contributed by atoms with Crippen LogP contribution in [0, 0.1) is 0 Å². The molecule has 0 aliphatic carbocycles. The minimum Gasteiger partial charge on any atom is -0.444 e. The molecule has 1 aliphatic heterocycles. The highest BCUT2D eigenvalue weighted by atomic mass is 16.6. The van der Waals surface area contributed by atoms with Crippen LogP contribution in [0.3, 0.4) is 0 Å². The van der Waals surface area contributed by atoms with Gasteiger partial charge in [-0.1, -0.05) is 36.4 Å². The Balaban J connectivity index is 2.09. The molecule has 1 aromatic carbocycles. The first-order valence-corrected chi connectivity index (χ1v) is 8.78. The Morgan fingerprint density at radius 2 is 1.85 bits per heavy atom. The van der Waals surface area contributed by atoms with E-state index in [2.05, 4.69) is 5.32 Å². The SMILES string of the molecule is CN(C)C/C=C/C(=O)NC1(c2ccccc2)CN(C(=O)OC(C)(C)C)C1. The minimum atomic E-state index is -0.586. The van der Waals surface area contributed by atoms with Gasteiger partial charge in [0.25, 0.3) is 0 Å². The zero-order chi connectivity index (χ0) is 19.4. The van der Waals surface area contributed by atoms with Crippen molar-refractivity contribution < 1.29 is 14.3 Å². The Morgan fingerprint density at radius 3 is 2.38 bits per heavy atom. The Morgan fingerprint density at radius 1 is 1.23 bits per heavy atom. The predicted molar refractivity (Wildman–Crippen MR) is 102 cm³/mol. The van der Waals surface area contributed by atoms with Crippen molar-refractivity contribution in [1.82, 2.24) is 15.1 Å². The highest BCUT2D eigenvalue weighted by Gasteiger charge is 2.48. The number of carbonyl (C=O) groups excluding carboxylic acids is 2. The Labute approximate surface area is 155 Å². The number of likely N-dealkylation sites (N-methyl/N-ethyl adjacent to an activating group) is 1. The van der Waals surface area contributed by atoms with E-state index < -0.39 is 11.1 Å². The first kappa shape index (κ1) is 20.0. The molecule has 2 amide bonds. The van der Waals surface area contributed by atoms with Gasteiger partial charge in [0.1, 0.15) is 11.1 Å². The van der Waals surface area contributed by atoms with Gasteiger partial charge in [-0.2, -0.15) is 0 Å². The van der Waals surface area contributed by atoms with Gasteiger partial charge in [0, 0.05) is 12.6 Å². The summed E-state index contributed by atoms with van der Waals surface area (Å²) in [7, 11) is 3.89. The number of carbonyl (C=O) groups is 2. The molecule has 1 saturated heterocycles. The van der Waals surface area contributed by atoms with E-state index in [9.17, 15) is 9.59 Å². The third kappa shape index (κ3) is 5.33. The van der Waals surface area contributed by atoms with E-state index in [1.165, 1.54) is 0 Å². The summed E-state index contributed by atoms with van der Waals surface area (Å²) in [6.45, 7) is 6.99. The molecule has 26 heavy (non-hydrogen) atoms. The van der Waals surface area contributed by atoms with Crippen molar-refractivity contribution in [1.29, 1.82) is 0 Å². The number of ether oxygens (including phenoxy) is 1. The van der Waals surface area contributed by atoms with Crippen LogP contribution in [-0.2, 0) is 15.1 Å². The first-order chi connectivity index (χ1) is 12.1. The summed E-state index contributed by atoms with van der Waals surface area (Å²) in [6.07, 6.45) is 3.00. The molecule has 142 valence electrons. The van der Waals surface area contributed by atoms with E-state index in [1.54, 1.807) is 11.0 Å². The van der Waals surface area contributed by atoms with Crippen LogP contribution in [-0.4, -0.2) is 61.1 Å². The number of nitrogens with one attached hydrogen (secondary N) is 1. The van der Waals surface area contributed by atoms with E-state index >= 15 is 0 Å². The number of hydrogen-bond acceptors (Lipinski definition) is 4. The van der Waals surface area contributed by atoms with Gasteiger partial charge in [-0.15, -0.1) is 0 Å². The molecule has 2 rings (SSSR count). The fourth-order valence-corrected chi connectivity index (χ4v) is 2.80. The number of hydrogen-bond donors (Lipinski definition) is 1. The van der Waals surface area contributed by atoms with Crippen molar-refractivity contribution in [3.63, 3.8) is 0 Å². The van der Waals surface area contributed by atoms with Crippen LogP contribution in [0.5, 0.6) is 0 Å². The molecule has 0 saturated carbocycles. The largest absolute Gasteiger partial charge is 0.444 e. The third-order valence-electron chi connectivity index (χ3n) is 4.00. The summed E-state index contributed by atoms with van der Waals surface area (Å²) in [6, 6.07) is 9.73. The predicted octanol–water partition coefficient (Wildman–Crippen LogP) is 2.37. The lowest BCUT2D eigenvalue weighted by Gasteiger charge is -2.50. The summed E-state index contributed by atoms with van der Waals surface area (Å²) < 4.78 is 5.42. The molecule has 0 radical (unpaired) electrons. The van der Waals surface area contributed by atoms with Crippen LogP contribution in [0.15, 0.2) is 42.5 Å². The van der Waals surface area contributed by atoms with E-state index in [0.29, 0.717) is 19.6 Å². The average molecular weight is 359 g/mol. The van der Waals surface area contributed by atoms with E-state index in [4.69, 9.17) is 4.74 Å². The van der Waals surface area contributed by atoms with Crippen LogP contribution in [0.1, 0.15) is 26.3 Å². The number of likely N-dealkylation sites (tertiary alicyclic amines) is 1. The molecule has 1 fully saturated rings. The zero-order valence-corrected chi connectivity index (χ0v) is 16.3. The Kier molecular flexibility index (Phi) is 6.08. The lowest BCUT2D eigenvalue weighted by Crippen LogP contribution is -2.69. The van der Waals surface area contributed by atoms with Crippen molar-refractivity contribution in [3.05, 3.63) is 48.0 Å². The first-order valence-electron chi connectivity index (χ1n) is 8.78. The van der Waals surface area contributed by atoms with Crippen molar-refractivity contribution in [2.24, 2.45) is 0 Å². The molecule has 1 N–H and O–H groups in total. The fraction of sp³-hybridized carbons (Fsp3) is 0.500. The molecule has 1 aliphatic rings. The molecule has 6 nitrogen and oxygen atoms in total. The normalized spacial score (nSPS) is 16.5. The summed E-state index contributed by atoms with van der Waals surface area (Å²) in [5.74, 6) is -0.167. The second-order valence-electron chi connectivity index (χ2n) is 7.94. The molecule has 1 aromatic rings. The number of nitrogens with zero attached hydrogens (tertiary/aromatic N) is 2. The molecule has 6 heteroatoms. The van der Waals surface area contributed by atoms with Gasteiger partial charge >= 0.3 is 6.09 Å². The minimum absolute atomic E-state index is 0.167. The van der Waals surface area contributed by atoms with Crippen LogP contribution in [0.2, 0.25) is 0 Å². The van der Waals surface area contributed by atoms with Gasteiger partial charge in [-0.25, -0.2) is 4.79 Å². The van der Waals surface area contributed by atoms with E-state index in [-0.39, 0.29) is 12.0 Å². The van der Waals surface area contributed by atoms with Gasteiger partial charge < -0.3 is 19.9 Å². The summed E-state index contributed by atoms with van der Waals surface area (Å²) in [4.78, 5) is 28.2. The molecule has 0 atom stereocenters. The maximum absolute atomic E-state index is 12.4. The molecule has 0 bridgehead atoms. The maximum Gasteiger partial charge on any atom is 0.410 e. The van der Waals surface area contributed by atoms with Crippen LogP contribution < -0.4 is 5.32 Å². The van der Waals surface area contributed by atoms with Crippen molar-refractivity contribution >= 4 is 12.0 Å². The smallest absolute Gasteiger partial charge is 0.410 e. The molecule has 1 heterocycles. The second kappa shape index (κ2) is 7.91. The topological polar surface area (TPSA) is 61.9 Å². The highest BCUT2D eigenvalue weighted by molar-refractivity contribution is 5.88. The van der Waals surface area contributed by atoms with Gasteiger partial charge in [-0.3, -0.25) is 4.79 Å². The van der Waals surface area contributed by atoms with Gasteiger partial charge in [-0.05, 0) is 40.4 Å². The standard InChI is InChI=1S/C20H29N3O3/c1-19(2,3)26-18(25)23-14-20(15-23,16-10-7-6-8-11-16)21-17(24)12-9-13-22(4)5/h6-12H,13-15H2,1-5H3,(H,21,24)/b12-9+. The summed E-state index contributed by atoms with van der Waals surface area (Å²) in [5.41, 5.74) is -0.146. The number of rotatable bonds is 5. The fourth-order valence-electron chi connectivity index (χ4n) is 2.80. The quantitative estimate of drug-likeness (QED) is 0.820. The summed E-state index contributed by atoms with van der Waals surface area (Å²) >= 11 is 0. The van der Waals surface area contributed by atoms with Gasteiger partial charge in [0.2, 0.25) is 5.91 Å². The van der Waals surface area contributed by atoms with Crippen LogP contribution in [0.4, 0.5) is 4.79 Å². The number of amides is 2. The lowest BCUT2D eigenvalue weighted by atomic mass is 9.82. The molecular weight excluding hydrogens is 330 g/mol. The molecule has 0 unspecified atom stereocenters. The Bertz CT molecular complexity index is 657. The third-order valence-corrected chi connectivity index (χ3v) is 4.00. The Hall–Kier alpha value is -2.34. The number of benzene rings is 1. The van der Waals surface area contributed by atoms with Gasteiger partial charge in [0.15, 0.2) is 0 Å². The average Bonchev–Trinajstić information content (AvgIpc) is 2.49. The lowest BCUT2D eigenvalue weighted by molar-refractivity contribution is -0.121. The molecular formula is C20H29N3O3. The molecule has 0 spiro atoms. The van der Waals surface area contributed by atoms with Crippen LogP contribution in [0.25, 0.3) is 0 Å². The van der Waals surface area contributed by atoms with E-state index in [0.717, 1.165) is 5.56 Å². The van der Waals surface area contributed by atoms with Gasteiger partial charge in [0.05, 0.1) is 13.1 Å². The van der Waals surface area contributed by atoms with Crippen molar-refractivity contribution in [2.75, 3.05) is 33.7 Å². The summed E-state index contributed by atoms with van der Waals surface area (Å²) in [5, 5.41) is 3.07. The van der Waals surface area contributed by atoms with Crippen molar-refractivity contribution in [3.8, 4) is 0 Å². The van der Waals surface area contributed by atoms with Crippen LogP contribution >= 0.6 is 0 Å². The van der Waals surface area contributed by atoms with E-state index in [1.807, 2.05) is 76.2 Å². The molecule has 0 aromatic heterocycles. The van der Waals surface area contributed by atoms with Crippen molar-refractivity contribution in [2.45, 2.75) is 31.9 Å².